The number of aromatic nitrogens is 3. The molecule has 0 spiro atoms. The fourth-order valence-electron chi connectivity index (χ4n) is 4.89. The zero-order valence-corrected chi connectivity index (χ0v) is 20.0. The molecule has 2 amide bonds. The smallest absolute Gasteiger partial charge is 0.351 e. The van der Waals surface area contributed by atoms with Crippen molar-refractivity contribution in [3.05, 3.63) is 48.3 Å². The van der Waals surface area contributed by atoms with Gasteiger partial charge in [0.25, 0.3) is 5.92 Å². The third kappa shape index (κ3) is 5.01. The van der Waals surface area contributed by atoms with Crippen molar-refractivity contribution in [2.75, 3.05) is 37.6 Å². The van der Waals surface area contributed by atoms with Gasteiger partial charge >= 0.3 is 12.2 Å². The highest BCUT2D eigenvalue weighted by molar-refractivity contribution is 5.99. The van der Waals surface area contributed by atoms with Crippen LogP contribution in [0.25, 0.3) is 22.0 Å². The third-order valence-electron chi connectivity index (χ3n) is 6.99. The highest BCUT2D eigenvalue weighted by Gasteiger charge is 2.39. The number of fused-ring (bicyclic) bond motifs is 1. The fraction of sp³-hybridized carbons (Fsp3) is 0.440. The van der Waals surface area contributed by atoms with Gasteiger partial charge in [-0.1, -0.05) is 12.1 Å². The zero-order chi connectivity index (χ0) is 26.4. The molecule has 2 aromatic heterocycles. The summed E-state index contributed by atoms with van der Waals surface area (Å²) in [5.41, 5.74) is 0.198. The average molecular weight is 521 g/mol. The van der Waals surface area contributed by atoms with Crippen LogP contribution in [0.4, 0.5) is 32.6 Å². The summed E-state index contributed by atoms with van der Waals surface area (Å²) in [7, 11) is 0. The molecule has 4 heterocycles. The van der Waals surface area contributed by atoms with Crippen molar-refractivity contribution < 1.29 is 26.7 Å². The van der Waals surface area contributed by atoms with Crippen LogP contribution < -0.4 is 4.90 Å². The monoisotopic (exact) mass is 520 g/mol. The Kier molecular flexibility index (Phi) is 6.36. The lowest BCUT2D eigenvalue weighted by molar-refractivity contribution is -0.137. The van der Waals surface area contributed by atoms with Gasteiger partial charge in [-0.2, -0.15) is 13.2 Å². The molecule has 0 saturated carbocycles. The summed E-state index contributed by atoms with van der Waals surface area (Å²) in [6.45, 7) is 3.26. The molecular weight excluding hydrogens is 495 g/mol. The minimum absolute atomic E-state index is 0.0337. The standard InChI is InChI=1S/C25H25F5N6O/c1-16-15-35(12-13-36(16)23(37)34-10-7-24(26,27)8-11-34)22-20-14-31-9-6-19(20)21(32-33-22)17-2-4-18(5-3-17)25(28,29)30/h2-6,9,14,16H,7-8,10-13,15H2,1H3. The molecule has 1 atom stereocenters. The minimum atomic E-state index is -4.43. The van der Waals surface area contributed by atoms with Crippen LogP contribution in [0.5, 0.6) is 0 Å². The topological polar surface area (TPSA) is 65.5 Å². The Morgan fingerprint density at radius 2 is 1.68 bits per heavy atom. The zero-order valence-electron chi connectivity index (χ0n) is 20.0. The number of urea groups is 1. The number of rotatable bonds is 2. The molecule has 5 rings (SSSR count). The first-order valence-corrected chi connectivity index (χ1v) is 12.0. The molecule has 0 bridgehead atoms. The van der Waals surface area contributed by atoms with Gasteiger partial charge < -0.3 is 14.7 Å². The molecule has 0 radical (unpaired) electrons. The van der Waals surface area contributed by atoms with E-state index in [0.29, 0.717) is 47.5 Å². The fourth-order valence-corrected chi connectivity index (χ4v) is 4.89. The Balaban J connectivity index is 1.36. The van der Waals surface area contributed by atoms with E-state index in [1.807, 2.05) is 11.8 Å². The van der Waals surface area contributed by atoms with Crippen molar-refractivity contribution in [3.8, 4) is 11.3 Å². The Morgan fingerprint density at radius 1 is 0.973 bits per heavy atom. The number of halogens is 5. The van der Waals surface area contributed by atoms with E-state index in [1.165, 1.54) is 17.0 Å². The molecule has 12 heteroatoms. The van der Waals surface area contributed by atoms with Crippen LogP contribution >= 0.6 is 0 Å². The maximum atomic E-state index is 13.5. The number of nitrogens with zero attached hydrogens (tertiary/aromatic N) is 6. The molecule has 1 unspecified atom stereocenters. The number of amides is 2. The van der Waals surface area contributed by atoms with Gasteiger partial charge in [0.05, 0.1) is 5.56 Å². The van der Waals surface area contributed by atoms with E-state index >= 15 is 0 Å². The largest absolute Gasteiger partial charge is 0.416 e. The number of alkyl halides is 5. The number of carbonyl (C=O) groups is 1. The number of hydrogen-bond donors (Lipinski definition) is 0. The van der Waals surface area contributed by atoms with Gasteiger partial charge in [0.1, 0.15) is 5.69 Å². The number of benzene rings is 1. The number of piperidine rings is 1. The maximum absolute atomic E-state index is 13.5. The molecule has 1 aromatic carbocycles. The van der Waals surface area contributed by atoms with Gasteiger partial charge in [0.2, 0.25) is 0 Å². The Bertz CT molecular complexity index is 1290. The summed E-state index contributed by atoms with van der Waals surface area (Å²) in [5.74, 6) is -2.16. The highest BCUT2D eigenvalue weighted by atomic mass is 19.4. The quantitative estimate of drug-likeness (QED) is 0.442. The second-order valence-electron chi connectivity index (χ2n) is 9.48. The minimum Gasteiger partial charge on any atom is -0.351 e. The number of carbonyl (C=O) groups excluding carboxylic acids is 1. The summed E-state index contributed by atoms with van der Waals surface area (Å²) in [4.78, 5) is 22.4. The Labute approximate surface area is 209 Å². The van der Waals surface area contributed by atoms with E-state index in [0.717, 1.165) is 12.1 Å². The lowest BCUT2D eigenvalue weighted by Crippen LogP contribution is -2.58. The number of likely N-dealkylation sites (tertiary alicyclic amines) is 1. The molecule has 0 N–H and O–H groups in total. The van der Waals surface area contributed by atoms with Gasteiger partial charge in [0.15, 0.2) is 5.82 Å². The lowest BCUT2D eigenvalue weighted by atomic mass is 10.0. The predicted molar refractivity (Wildman–Crippen MR) is 127 cm³/mol. The first-order chi connectivity index (χ1) is 17.5. The van der Waals surface area contributed by atoms with E-state index in [4.69, 9.17) is 0 Å². The van der Waals surface area contributed by atoms with E-state index in [9.17, 15) is 26.7 Å². The summed E-state index contributed by atoms with van der Waals surface area (Å²) >= 11 is 0. The summed E-state index contributed by atoms with van der Waals surface area (Å²) < 4.78 is 66.0. The van der Waals surface area contributed by atoms with Crippen LogP contribution in [0, 0.1) is 0 Å². The molecular formula is C25H25F5N6O. The van der Waals surface area contributed by atoms with Crippen molar-refractivity contribution in [1.29, 1.82) is 0 Å². The van der Waals surface area contributed by atoms with E-state index in [2.05, 4.69) is 15.2 Å². The van der Waals surface area contributed by atoms with Crippen LogP contribution in [0.15, 0.2) is 42.7 Å². The van der Waals surface area contributed by atoms with Crippen molar-refractivity contribution in [2.24, 2.45) is 0 Å². The van der Waals surface area contributed by atoms with Crippen molar-refractivity contribution in [3.63, 3.8) is 0 Å². The Hall–Kier alpha value is -3.57. The molecule has 0 aliphatic carbocycles. The van der Waals surface area contributed by atoms with E-state index in [-0.39, 0.29) is 38.0 Å². The summed E-state index contributed by atoms with van der Waals surface area (Å²) in [6.07, 6.45) is -1.86. The van der Waals surface area contributed by atoms with Crippen molar-refractivity contribution in [2.45, 2.75) is 37.9 Å². The van der Waals surface area contributed by atoms with Crippen LogP contribution in [-0.4, -0.2) is 75.7 Å². The number of hydrogen-bond acceptors (Lipinski definition) is 5. The van der Waals surface area contributed by atoms with Crippen LogP contribution in [0.2, 0.25) is 0 Å². The molecule has 2 aliphatic heterocycles. The van der Waals surface area contributed by atoms with E-state index < -0.39 is 17.7 Å². The predicted octanol–water partition coefficient (Wildman–Crippen LogP) is 5.07. The molecule has 37 heavy (non-hydrogen) atoms. The average Bonchev–Trinajstić information content (AvgIpc) is 2.87. The SMILES string of the molecule is CC1CN(c2nnc(-c3ccc(C(F)(F)F)cc3)c3ccncc23)CCN1C(=O)N1CCC(F)(F)CC1. The van der Waals surface area contributed by atoms with Crippen LogP contribution in [0.3, 0.4) is 0 Å². The highest BCUT2D eigenvalue weighted by Crippen LogP contribution is 2.35. The normalized spacial score (nSPS) is 20.4. The van der Waals surface area contributed by atoms with Crippen LogP contribution in [-0.2, 0) is 6.18 Å². The first kappa shape index (κ1) is 25.1. The number of piperazine rings is 1. The summed E-state index contributed by atoms with van der Waals surface area (Å²) in [5, 5.41) is 10.1. The first-order valence-electron chi connectivity index (χ1n) is 12.0. The third-order valence-corrected chi connectivity index (χ3v) is 6.99. The molecule has 196 valence electrons. The number of pyridine rings is 1. The van der Waals surface area contributed by atoms with Gasteiger partial charge in [-0.05, 0) is 25.1 Å². The molecule has 2 saturated heterocycles. The van der Waals surface area contributed by atoms with Gasteiger partial charge in [-0.25, -0.2) is 13.6 Å². The van der Waals surface area contributed by atoms with E-state index in [1.54, 1.807) is 23.4 Å². The number of anilines is 1. The van der Waals surface area contributed by atoms with Crippen LogP contribution in [0.1, 0.15) is 25.3 Å². The molecule has 2 fully saturated rings. The van der Waals surface area contributed by atoms with Gasteiger partial charge in [-0.15, -0.1) is 10.2 Å². The molecule has 3 aromatic rings. The second kappa shape index (κ2) is 9.38. The van der Waals surface area contributed by atoms with Gasteiger partial charge in [0, 0.05) is 80.3 Å². The lowest BCUT2D eigenvalue weighted by Gasteiger charge is -2.43. The molecule has 7 nitrogen and oxygen atoms in total. The Morgan fingerprint density at radius 3 is 2.32 bits per heavy atom. The second-order valence-corrected chi connectivity index (χ2v) is 9.48. The summed E-state index contributed by atoms with van der Waals surface area (Å²) in [6, 6.07) is 6.07. The maximum Gasteiger partial charge on any atom is 0.416 e. The molecule has 2 aliphatic rings. The van der Waals surface area contributed by atoms with Crippen molar-refractivity contribution in [1.82, 2.24) is 25.0 Å². The van der Waals surface area contributed by atoms with Gasteiger partial charge in [-0.3, -0.25) is 4.98 Å². The van der Waals surface area contributed by atoms with Crippen molar-refractivity contribution >= 4 is 22.6 Å².